The maximum atomic E-state index is 6.14. The zero-order chi connectivity index (χ0) is 85.3. The quantitative estimate of drug-likeness (QED) is 0.129. The van der Waals surface area contributed by atoms with E-state index in [1.165, 1.54) is 44.5 Å². The second-order valence-corrected chi connectivity index (χ2v) is 41.4. The molecule has 6 aromatic heterocycles. The predicted molar refractivity (Wildman–Crippen MR) is 513 cm³/mol. The normalized spacial score (nSPS) is 13.2. The van der Waals surface area contributed by atoms with E-state index >= 15 is 0 Å². The molecule has 10 heterocycles. The molecule has 120 heavy (non-hydrogen) atoms. The van der Waals surface area contributed by atoms with Gasteiger partial charge in [-0.15, -0.1) is 0 Å². The molecule has 4 N–H and O–H groups in total. The van der Waals surface area contributed by atoms with Crippen molar-refractivity contribution >= 4 is 92.7 Å². The second kappa shape index (κ2) is 29.9. The first kappa shape index (κ1) is 81.4. The fourth-order valence-electron chi connectivity index (χ4n) is 16.3. The molecule has 0 atom stereocenters. The molecule has 0 aliphatic carbocycles. The van der Waals surface area contributed by atoms with Gasteiger partial charge in [-0.2, -0.15) is 0 Å². The third-order valence-electron chi connectivity index (χ3n) is 23.8. The lowest BCUT2D eigenvalue weighted by Gasteiger charge is -2.26. The van der Waals surface area contributed by atoms with Crippen LogP contribution in [0.5, 0.6) is 0 Å². The highest BCUT2D eigenvalue weighted by molar-refractivity contribution is 6.05. The van der Waals surface area contributed by atoms with E-state index in [-0.39, 0.29) is 43.3 Å². The molecule has 0 unspecified atom stereocenters. The Hall–Kier alpha value is -12.4. The molecule has 16 bridgehead atoms. The molecule has 12 aromatic rings. The van der Waals surface area contributed by atoms with E-state index in [4.69, 9.17) is 19.9 Å². The molecule has 8 heteroatoms. The van der Waals surface area contributed by atoms with Crippen molar-refractivity contribution in [3.05, 3.63) is 294 Å². The van der Waals surface area contributed by atoms with E-state index in [2.05, 4.69) is 404 Å². The van der Waals surface area contributed by atoms with Crippen LogP contribution in [0.15, 0.2) is 182 Å². The number of hydrogen-bond acceptors (Lipinski definition) is 4. The second-order valence-electron chi connectivity index (χ2n) is 41.4. The Morgan fingerprint density at radius 1 is 0.192 bits per heavy atom. The highest BCUT2D eigenvalue weighted by Crippen LogP contribution is 2.47. The van der Waals surface area contributed by atoms with Crippen LogP contribution in [0.1, 0.15) is 278 Å². The standard InChI is InChI=1S/C112H114N8/c1-105(2,3)73-55-69(56-74(63-73)106(4,5)6)99-87-43-39-83(113-87)81(37-35-67-31-27-25-28-32-67)84-40-44-88(114-84)100(70-57-75(107(7,8)9)64-76(58-70)108(10,11)12)92-48-52-96(118-92)103(95-51-47-91(99)117-95)104-97-53-49-93(119-97)101(71-59-77(109(13,14)15)65-78(60-71)110(16,17)18)89-45-41-85(115-89)82(38-36-68-33-29-26-30-34-68)86-42-46-90(116-86)102(94-50-54-98(104)120-94)72-61-79(111(19,20)21)66-80(62-72)112(22,23)24/h25-34,39-66,113,115,118,120H,1-24H3. The van der Waals surface area contributed by atoms with Gasteiger partial charge in [0.15, 0.2) is 0 Å². The molecule has 602 valence electrons. The van der Waals surface area contributed by atoms with Gasteiger partial charge in [0.2, 0.25) is 0 Å². The highest BCUT2D eigenvalue weighted by atomic mass is 14.8. The minimum Gasteiger partial charge on any atom is -0.354 e. The van der Waals surface area contributed by atoms with Crippen molar-refractivity contribution in [1.29, 1.82) is 0 Å². The molecule has 0 saturated heterocycles. The number of nitrogens with one attached hydrogen (secondary N) is 4. The molecular weight excluding hydrogens is 1460 g/mol. The molecule has 0 saturated carbocycles. The molecule has 4 aliphatic rings. The van der Waals surface area contributed by atoms with Gasteiger partial charge in [-0.1, -0.05) is 299 Å². The summed E-state index contributed by atoms with van der Waals surface area (Å²) in [7, 11) is 0. The lowest BCUT2D eigenvalue weighted by molar-refractivity contribution is 0.568. The third-order valence-corrected chi connectivity index (χ3v) is 23.8. The Kier molecular flexibility index (Phi) is 20.3. The summed E-state index contributed by atoms with van der Waals surface area (Å²) >= 11 is 0. The number of H-pyrrole nitrogens is 4. The Morgan fingerprint density at radius 3 is 0.600 bits per heavy atom. The molecule has 0 radical (unpaired) electrons. The average molecular weight is 1570 g/mol. The van der Waals surface area contributed by atoms with Crippen LogP contribution in [0.25, 0.3) is 148 Å². The van der Waals surface area contributed by atoms with Crippen LogP contribution in [0, 0.1) is 23.7 Å². The number of rotatable bonds is 5. The van der Waals surface area contributed by atoms with Crippen LogP contribution in [-0.4, -0.2) is 39.9 Å². The summed E-state index contributed by atoms with van der Waals surface area (Å²) in [5, 5.41) is 0. The SMILES string of the molecule is CC(C)(C)c1cc(-c2c3nc(c(-c4c5nc(c(-c6cc(C(C)(C)C)cc(C(C)(C)C)c6)c6ccc([nH]6)c(C#Cc6ccccc6)c6nc(c(-c7cc(C(C)(C)C)cc(C(C)(C)C)c7)c7ccc4[nH]7)C=C6)C=C5)c4ccc([nH]4)c(-c4cc(C(C)(C)C)cc(C(C)(C)C)c4)c4nc(c(C#Cc5ccccc5)c5ccc2[nH]5)C=C4)C=C3)cc(C(C)(C)C)c1. The van der Waals surface area contributed by atoms with Gasteiger partial charge in [0.05, 0.1) is 67.7 Å². The smallest absolute Gasteiger partial charge is 0.0815 e. The highest BCUT2D eigenvalue weighted by Gasteiger charge is 2.31. The zero-order valence-electron chi connectivity index (χ0n) is 74.7. The van der Waals surface area contributed by atoms with E-state index < -0.39 is 0 Å². The van der Waals surface area contributed by atoms with Crippen LogP contribution in [0.2, 0.25) is 0 Å². The molecule has 0 amide bonds. The Labute approximate surface area is 711 Å². The van der Waals surface area contributed by atoms with E-state index in [1.807, 2.05) is 36.4 Å². The molecular formula is C112H114N8. The van der Waals surface area contributed by atoms with Gasteiger partial charge in [0.1, 0.15) is 0 Å². The summed E-state index contributed by atoms with van der Waals surface area (Å²) < 4.78 is 0. The zero-order valence-corrected chi connectivity index (χ0v) is 74.7. The fourth-order valence-corrected chi connectivity index (χ4v) is 16.3. The first-order valence-electron chi connectivity index (χ1n) is 42.6. The molecule has 0 fully saturated rings. The minimum atomic E-state index is -0.201. The summed E-state index contributed by atoms with van der Waals surface area (Å²) in [6, 6.07) is 66.9. The number of benzene rings is 6. The van der Waals surface area contributed by atoms with Gasteiger partial charge in [0, 0.05) is 77.6 Å². The fraction of sp³-hybridized carbons (Fsp3) is 0.286. The van der Waals surface area contributed by atoms with Crippen LogP contribution < -0.4 is 0 Å². The van der Waals surface area contributed by atoms with Crippen LogP contribution >= 0.6 is 0 Å². The lowest BCUT2D eigenvalue weighted by Crippen LogP contribution is -2.16. The molecule has 8 nitrogen and oxygen atoms in total. The molecule has 0 spiro atoms. The summed E-state index contributed by atoms with van der Waals surface area (Å²) in [5.41, 5.74) is 34.3. The van der Waals surface area contributed by atoms with Crippen molar-refractivity contribution in [3.63, 3.8) is 0 Å². The summed E-state index contributed by atoms with van der Waals surface area (Å²) in [6.07, 6.45) is 17.6. The van der Waals surface area contributed by atoms with Gasteiger partial charge in [0.25, 0.3) is 0 Å². The lowest BCUT2D eigenvalue weighted by atomic mass is 9.78. The van der Waals surface area contributed by atoms with Crippen molar-refractivity contribution in [3.8, 4) is 79.3 Å². The van der Waals surface area contributed by atoms with Gasteiger partial charge < -0.3 is 19.9 Å². The van der Waals surface area contributed by atoms with Gasteiger partial charge in [-0.3, -0.25) is 0 Å². The first-order valence-corrected chi connectivity index (χ1v) is 42.6. The maximum Gasteiger partial charge on any atom is 0.0815 e. The number of aromatic nitrogens is 8. The Balaban J connectivity index is 1.14. The molecule has 4 aliphatic heterocycles. The number of fused-ring (bicyclic) bond motifs is 16. The third kappa shape index (κ3) is 16.4. The summed E-state index contributed by atoms with van der Waals surface area (Å²) in [5.74, 6) is 14.6. The van der Waals surface area contributed by atoms with E-state index in [0.29, 0.717) is 0 Å². The van der Waals surface area contributed by atoms with Crippen LogP contribution in [-0.2, 0) is 43.3 Å². The Morgan fingerprint density at radius 2 is 0.375 bits per heavy atom. The average Bonchev–Trinajstić information content (AvgIpc) is 1.62. The van der Waals surface area contributed by atoms with E-state index in [9.17, 15) is 0 Å². The maximum absolute atomic E-state index is 6.14. The number of nitrogens with zero attached hydrogens (tertiary/aromatic N) is 4. The molecule has 16 rings (SSSR count). The molecule has 6 aromatic carbocycles. The van der Waals surface area contributed by atoms with Crippen molar-refractivity contribution in [2.24, 2.45) is 0 Å². The van der Waals surface area contributed by atoms with E-state index in [0.717, 1.165) is 168 Å². The number of aromatic amines is 4. The van der Waals surface area contributed by atoms with Crippen LogP contribution in [0.3, 0.4) is 0 Å². The van der Waals surface area contributed by atoms with E-state index in [1.54, 1.807) is 0 Å². The van der Waals surface area contributed by atoms with Crippen molar-refractivity contribution in [2.75, 3.05) is 0 Å². The topological polar surface area (TPSA) is 115 Å². The Bertz CT molecular complexity index is 6130. The van der Waals surface area contributed by atoms with Crippen molar-refractivity contribution < 1.29 is 0 Å². The van der Waals surface area contributed by atoms with Gasteiger partial charge >= 0.3 is 0 Å². The number of hydrogen-bond donors (Lipinski definition) is 4. The minimum absolute atomic E-state index is 0.201. The van der Waals surface area contributed by atoms with Crippen molar-refractivity contribution in [1.82, 2.24) is 39.9 Å². The summed E-state index contributed by atoms with van der Waals surface area (Å²) in [4.78, 5) is 40.5. The monoisotopic (exact) mass is 1570 g/mol. The predicted octanol–water partition coefficient (Wildman–Crippen LogP) is 29.1. The summed E-state index contributed by atoms with van der Waals surface area (Å²) in [6.45, 7) is 55.4. The van der Waals surface area contributed by atoms with Crippen LogP contribution in [0.4, 0.5) is 0 Å². The largest absolute Gasteiger partial charge is 0.354 e. The van der Waals surface area contributed by atoms with Gasteiger partial charge in [-0.25, -0.2) is 19.9 Å². The van der Waals surface area contributed by atoms with Gasteiger partial charge in [-0.05, 0) is 231 Å². The van der Waals surface area contributed by atoms with Crippen molar-refractivity contribution in [2.45, 2.75) is 209 Å². The first-order chi connectivity index (χ1) is 56.4.